The van der Waals surface area contributed by atoms with Crippen molar-refractivity contribution < 1.29 is 4.74 Å². The summed E-state index contributed by atoms with van der Waals surface area (Å²) in [4.78, 5) is 2.15. The standard InChI is InChI=1S/C19H25N3OS/c1-14-9-5-7-11-16(14)21-19(24)20-13-17(22(2)3)15-10-6-8-12-18(15)23-4/h5-12,17H,13H2,1-4H3,(H2,20,21,24)/t17-/m1/s1. The van der Waals surface area contributed by atoms with Gasteiger partial charge in [0.25, 0.3) is 0 Å². The number of ether oxygens (including phenoxy) is 1. The number of nitrogens with one attached hydrogen (secondary N) is 2. The van der Waals surface area contributed by atoms with E-state index >= 15 is 0 Å². The number of aryl methyl sites for hydroxylation is 1. The lowest BCUT2D eigenvalue weighted by atomic mass is 10.0. The van der Waals surface area contributed by atoms with Crippen molar-refractivity contribution >= 4 is 23.0 Å². The minimum absolute atomic E-state index is 0.151. The van der Waals surface area contributed by atoms with Crippen molar-refractivity contribution in [3.8, 4) is 5.75 Å². The van der Waals surface area contributed by atoms with Crippen molar-refractivity contribution in [1.29, 1.82) is 0 Å². The highest BCUT2D eigenvalue weighted by Crippen LogP contribution is 2.27. The van der Waals surface area contributed by atoms with Crippen molar-refractivity contribution in [2.45, 2.75) is 13.0 Å². The number of anilines is 1. The van der Waals surface area contributed by atoms with Gasteiger partial charge in [-0.1, -0.05) is 36.4 Å². The minimum Gasteiger partial charge on any atom is -0.496 e. The Hall–Kier alpha value is -2.11. The Balaban J connectivity index is 2.04. The van der Waals surface area contributed by atoms with Gasteiger partial charge in [-0.2, -0.15) is 0 Å². The third kappa shape index (κ3) is 4.69. The topological polar surface area (TPSA) is 36.5 Å². The zero-order chi connectivity index (χ0) is 17.5. The zero-order valence-electron chi connectivity index (χ0n) is 14.7. The molecule has 1 atom stereocenters. The Morgan fingerprint density at radius 3 is 2.46 bits per heavy atom. The van der Waals surface area contributed by atoms with Gasteiger partial charge in [-0.25, -0.2) is 0 Å². The molecule has 0 spiro atoms. The minimum atomic E-state index is 0.151. The van der Waals surface area contributed by atoms with Crippen molar-refractivity contribution in [2.75, 3.05) is 33.1 Å². The van der Waals surface area contributed by atoms with Crippen LogP contribution in [0.25, 0.3) is 0 Å². The number of nitrogens with zero attached hydrogens (tertiary/aromatic N) is 1. The van der Waals surface area contributed by atoms with Crippen molar-refractivity contribution in [1.82, 2.24) is 10.2 Å². The molecule has 0 aromatic heterocycles. The summed E-state index contributed by atoms with van der Waals surface area (Å²) in [5, 5.41) is 7.18. The maximum absolute atomic E-state index is 5.49. The Labute approximate surface area is 149 Å². The van der Waals surface area contributed by atoms with Crippen LogP contribution in [0, 0.1) is 6.92 Å². The predicted molar refractivity (Wildman–Crippen MR) is 105 cm³/mol. The molecule has 0 heterocycles. The normalized spacial score (nSPS) is 11.9. The van der Waals surface area contributed by atoms with E-state index in [1.165, 1.54) is 0 Å². The molecule has 2 aromatic carbocycles. The Kier molecular flexibility index (Phi) is 6.58. The zero-order valence-corrected chi connectivity index (χ0v) is 15.5. The largest absolute Gasteiger partial charge is 0.496 e. The second-order valence-corrected chi connectivity index (χ2v) is 6.28. The van der Waals surface area contributed by atoms with Crippen LogP contribution in [0.4, 0.5) is 5.69 Å². The third-order valence-corrected chi connectivity index (χ3v) is 4.22. The van der Waals surface area contributed by atoms with Crippen LogP contribution in [0.2, 0.25) is 0 Å². The number of likely N-dealkylation sites (N-methyl/N-ethyl adjacent to an activating group) is 1. The molecule has 128 valence electrons. The average molecular weight is 343 g/mol. The first-order valence-electron chi connectivity index (χ1n) is 7.92. The van der Waals surface area contributed by atoms with Gasteiger partial charge in [0.15, 0.2) is 5.11 Å². The van der Waals surface area contributed by atoms with Gasteiger partial charge >= 0.3 is 0 Å². The van der Waals surface area contributed by atoms with Crippen molar-refractivity contribution in [3.63, 3.8) is 0 Å². The number of methoxy groups -OCH3 is 1. The van der Waals surface area contributed by atoms with Crippen LogP contribution in [0.3, 0.4) is 0 Å². The van der Waals surface area contributed by atoms with Crippen LogP contribution in [0.1, 0.15) is 17.2 Å². The maximum atomic E-state index is 5.49. The summed E-state index contributed by atoms with van der Waals surface area (Å²) in [6.45, 7) is 2.74. The van der Waals surface area contributed by atoms with Gasteiger partial charge in [-0.15, -0.1) is 0 Å². The van der Waals surface area contributed by atoms with E-state index in [0.717, 1.165) is 22.6 Å². The van der Waals surface area contributed by atoms with E-state index < -0.39 is 0 Å². The first kappa shape index (κ1) is 18.2. The summed E-state index contributed by atoms with van der Waals surface area (Å²) in [5.41, 5.74) is 3.32. The summed E-state index contributed by atoms with van der Waals surface area (Å²) in [6, 6.07) is 16.3. The van der Waals surface area contributed by atoms with E-state index in [9.17, 15) is 0 Å². The van der Waals surface area contributed by atoms with Gasteiger partial charge in [0.05, 0.1) is 13.2 Å². The molecule has 0 saturated carbocycles. The fraction of sp³-hybridized carbons (Fsp3) is 0.316. The molecular weight excluding hydrogens is 318 g/mol. The lowest BCUT2D eigenvalue weighted by Gasteiger charge is -2.27. The molecule has 0 unspecified atom stereocenters. The van der Waals surface area contributed by atoms with Crippen LogP contribution >= 0.6 is 12.2 Å². The molecule has 2 rings (SSSR count). The van der Waals surface area contributed by atoms with Crippen molar-refractivity contribution in [3.05, 3.63) is 59.7 Å². The average Bonchev–Trinajstić information content (AvgIpc) is 2.57. The molecule has 0 amide bonds. The van der Waals surface area contributed by atoms with Gasteiger partial charge in [0.1, 0.15) is 5.75 Å². The van der Waals surface area contributed by atoms with E-state index in [1.807, 2.05) is 36.4 Å². The highest BCUT2D eigenvalue weighted by molar-refractivity contribution is 7.80. The first-order chi connectivity index (χ1) is 11.5. The first-order valence-corrected chi connectivity index (χ1v) is 8.33. The van der Waals surface area contributed by atoms with E-state index in [4.69, 9.17) is 17.0 Å². The molecular formula is C19H25N3OS. The number of benzene rings is 2. The van der Waals surface area contributed by atoms with Gasteiger partial charge in [0, 0.05) is 17.8 Å². The van der Waals surface area contributed by atoms with E-state index in [0.29, 0.717) is 11.7 Å². The van der Waals surface area contributed by atoms with Crippen LogP contribution in [0.5, 0.6) is 5.75 Å². The fourth-order valence-corrected chi connectivity index (χ4v) is 2.77. The Morgan fingerprint density at radius 1 is 1.12 bits per heavy atom. The summed E-state index contributed by atoms with van der Waals surface area (Å²) in [6.07, 6.45) is 0. The molecule has 0 aliphatic carbocycles. The second kappa shape index (κ2) is 8.66. The van der Waals surface area contributed by atoms with Crippen LogP contribution < -0.4 is 15.4 Å². The van der Waals surface area contributed by atoms with Crippen molar-refractivity contribution in [2.24, 2.45) is 0 Å². The highest BCUT2D eigenvalue weighted by Gasteiger charge is 2.18. The quantitative estimate of drug-likeness (QED) is 0.784. The lowest BCUT2D eigenvalue weighted by molar-refractivity contribution is 0.288. The summed E-state index contributed by atoms with van der Waals surface area (Å²) < 4.78 is 5.49. The Bertz CT molecular complexity index is 688. The fourth-order valence-electron chi connectivity index (χ4n) is 2.58. The van der Waals surface area contributed by atoms with Crippen LogP contribution in [0.15, 0.2) is 48.5 Å². The molecule has 2 aromatic rings. The SMILES string of the molecule is COc1ccccc1[C@@H](CNC(=S)Nc1ccccc1C)N(C)C. The molecule has 2 N–H and O–H groups in total. The molecule has 4 nitrogen and oxygen atoms in total. The summed E-state index contributed by atoms with van der Waals surface area (Å²) in [7, 11) is 5.80. The van der Waals surface area contributed by atoms with Gasteiger partial charge in [-0.05, 0) is 50.9 Å². The van der Waals surface area contributed by atoms with Crippen LogP contribution in [-0.4, -0.2) is 37.8 Å². The third-order valence-electron chi connectivity index (χ3n) is 3.97. The van der Waals surface area contributed by atoms with Gasteiger partial charge in [0.2, 0.25) is 0 Å². The van der Waals surface area contributed by atoms with Gasteiger partial charge in [-0.3, -0.25) is 0 Å². The summed E-state index contributed by atoms with van der Waals surface area (Å²) in [5.74, 6) is 0.885. The molecule has 5 heteroatoms. The molecule has 0 saturated heterocycles. The highest BCUT2D eigenvalue weighted by atomic mass is 32.1. The molecule has 0 fully saturated rings. The molecule has 0 aliphatic heterocycles. The molecule has 24 heavy (non-hydrogen) atoms. The number of thiocarbonyl (C=S) groups is 1. The summed E-state index contributed by atoms with van der Waals surface area (Å²) >= 11 is 5.44. The second-order valence-electron chi connectivity index (χ2n) is 5.87. The van der Waals surface area contributed by atoms with Gasteiger partial charge < -0.3 is 20.3 Å². The number of para-hydroxylation sites is 2. The number of hydrogen-bond acceptors (Lipinski definition) is 3. The van der Waals surface area contributed by atoms with E-state index in [1.54, 1.807) is 7.11 Å². The van der Waals surface area contributed by atoms with E-state index in [-0.39, 0.29) is 6.04 Å². The molecule has 0 radical (unpaired) electrons. The monoisotopic (exact) mass is 343 g/mol. The molecule has 0 aliphatic rings. The predicted octanol–water partition coefficient (Wildman–Crippen LogP) is 3.59. The Morgan fingerprint density at radius 2 is 1.79 bits per heavy atom. The molecule has 0 bridgehead atoms. The van der Waals surface area contributed by atoms with Crippen LogP contribution in [-0.2, 0) is 0 Å². The maximum Gasteiger partial charge on any atom is 0.170 e. The lowest BCUT2D eigenvalue weighted by Crippen LogP contribution is -2.37. The smallest absolute Gasteiger partial charge is 0.170 e. The number of rotatable bonds is 6. The van der Waals surface area contributed by atoms with E-state index in [2.05, 4.69) is 48.7 Å². The number of hydrogen-bond donors (Lipinski definition) is 2.